The first kappa shape index (κ1) is 8.23. The van der Waals surface area contributed by atoms with E-state index in [1.54, 1.807) is 0 Å². The highest BCUT2D eigenvalue weighted by atomic mass is 32.1. The van der Waals surface area contributed by atoms with E-state index >= 15 is 0 Å². The molecule has 0 aliphatic rings. The van der Waals surface area contributed by atoms with Gasteiger partial charge in [-0.25, -0.2) is 4.79 Å². The van der Waals surface area contributed by atoms with Crippen LogP contribution in [0.1, 0.15) is 6.42 Å². The third-order valence-electron chi connectivity index (χ3n) is 0.576. The number of ether oxygens (including phenoxy) is 1. The first-order chi connectivity index (χ1) is 4.31. The molecule has 0 aromatic rings. The molecule has 0 amide bonds. The van der Waals surface area contributed by atoms with E-state index in [0.29, 0.717) is 6.29 Å². The van der Waals surface area contributed by atoms with Crippen LogP contribution in [0.15, 0.2) is 0 Å². The average molecular weight is 146 g/mol. The number of hydrogen-bond acceptors (Lipinski definition) is 4. The van der Waals surface area contributed by atoms with Crippen LogP contribution < -0.4 is 0 Å². The highest BCUT2D eigenvalue weighted by molar-refractivity contribution is 7.80. The first-order valence-electron chi connectivity index (χ1n) is 2.37. The third kappa shape index (κ3) is 5.10. The zero-order valence-electron chi connectivity index (χ0n) is 4.70. The third-order valence-corrected chi connectivity index (χ3v) is 0.769. The average Bonchev–Trinajstić information content (AvgIpc) is 1.89. The predicted octanol–water partition coefficient (Wildman–Crippen LogP) is 0.118. The van der Waals surface area contributed by atoms with Gasteiger partial charge in [-0.3, -0.25) is 0 Å². The van der Waals surface area contributed by atoms with Crippen LogP contribution in [0.25, 0.3) is 0 Å². The number of aldehydes is 1. The van der Waals surface area contributed by atoms with Crippen molar-refractivity contribution in [2.75, 3.05) is 6.61 Å². The summed E-state index contributed by atoms with van der Waals surface area (Å²) in [4.78, 5) is 19.8. The largest absolute Gasteiger partial charge is 0.461 e. The monoisotopic (exact) mass is 146 g/mol. The van der Waals surface area contributed by atoms with Crippen LogP contribution in [0.4, 0.5) is 0 Å². The number of hydrogen-bond donors (Lipinski definition) is 0. The topological polar surface area (TPSA) is 43.4 Å². The van der Waals surface area contributed by atoms with Crippen LogP contribution in [-0.2, 0) is 14.3 Å². The van der Waals surface area contributed by atoms with Crippen molar-refractivity contribution in [1.82, 2.24) is 0 Å². The van der Waals surface area contributed by atoms with Crippen molar-refractivity contribution in [3.05, 3.63) is 0 Å². The minimum Gasteiger partial charge on any atom is -0.461 e. The molecule has 4 heteroatoms. The second-order valence-corrected chi connectivity index (χ2v) is 1.48. The molecule has 0 aromatic carbocycles. The van der Waals surface area contributed by atoms with Crippen molar-refractivity contribution in [3.63, 3.8) is 0 Å². The van der Waals surface area contributed by atoms with E-state index in [-0.39, 0.29) is 13.0 Å². The maximum atomic E-state index is 10.2. The fourth-order valence-electron chi connectivity index (χ4n) is 0.242. The Morgan fingerprint density at radius 2 is 2.33 bits per heavy atom. The van der Waals surface area contributed by atoms with E-state index < -0.39 is 5.97 Å². The van der Waals surface area contributed by atoms with Gasteiger partial charge in [0.1, 0.15) is 6.29 Å². The zero-order chi connectivity index (χ0) is 7.11. The number of thiocarbonyl (C=S) groups is 1. The van der Waals surface area contributed by atoms with Gasteiger partial charge in [-0.05, 0) is 0 Å². The molecule has 0 radical (unpaired) electrons. The summed E-state index contributed by atoms with van der Waals surface area (Å²) < 4.78 is 4.40. The molecule has 0 fully saturated rings. The van der Waals surface area contributed by atoms with Crippen LogP contribution in [-0.4, -0.2) is 24.2 Å². The van der Waals surface area contributed by atoms with Crippen molar-refractivity contribution >= 4 is 29.8 Å². The molecule has 9 heavy (non-hydrogen) atoms. The molecule has 0 saturated carbocycles. The number of carbonyl (C=O) groups excluding carboxylic acids is 2. The molecule has 0 heterocycles. The molecule has 0 atom stereocenters. The van der Waals surface area contributed by atoms with Gasteiger partial charge in [0.05, 0.1) is 12.0 Å². The van der Waals surface area contributed by atoms with E-state index in [9.17, 15) is 9.59 Å². The lowest BCUT2D eigenvalue weighted by molar-refractivity contribution is -0.135. The predicted molar refractivity (Wildman–Crippen MR) is 35.3 cm³/mol. The van der Waals surface area contributed by atoms with Crippen LogP contribution in [0, 0.1) is 0 Å². The Morgan fingerprint density at radius 1 is 1.67 bits per heavy atom. The minimum atomic E-state index is -0.563. The van der Waals surface area contributed by atoms with Crippen LogP contribution >= 0.6 is 12.2 Å². The normalized spacial score (nSPS) is 8.00. The Morgan fingerprint density at radius 3 is 2.78 bits per heavy atom. The lowest BCUT2D eigenvalue weighted by Gasteiger charge is -1.93. The molecule has 0 bridgehead atoms. The van der Waals surface area contributed by atoms with Gasteiger partial charge in [-0.15, -0.1) is 0 Å². The van der Waals surface area contributed by atoms with Gasteiger partial charge < -0.3 is 9.53 Å². The van der Waals surface area contributed by atoms with Gasteiger partial charge in [-0.1, -0.05) is 12.2 Å². The highest BCUT2D eigenvalue weighted by Crippen LogP contribution is 1.77. The van der Waals surface area contributed by atoms with Gasteiger partial charge >= 0.3 is 5.97 Å². The summed E-state index contributed by atoms with van der Waals surface area (Å²) in [5.41, 5.74) is 0. The van der Waals surface area contributed by atoms with E-state index in [0.717, 1.165) is 5.37 Å². The van der Waals surface area contributed by atoms with Crippen LogP contribution in [0.3, 0.4) is 0 Å². The zero-order valence-corrected chi connectivity index (χ0v) is 5.52. The van der Waals surface area contributed by atoms with Crippen molar-refractivity contribution < 1.29 is 14.3 Å². The maximum Gasteiger partial charge on any atom is 0.341 e. The smallest absolute Gasteiger partial charge is 0.341 e. The molecule has 50 valence electrons. The Balaban J connectivity index is 3.16. The molecule has 0 spiro atoms. The maximum absolute atomic E-state index is 10.2. The molecule has 0 aliphatic carbocycles. The van der Waals surface area contributed by atoms with Crippen LogP contribution in [0.5, 0.6) is 0 Å². The summed E-state index contributed by atoms with van der Waals surface area (Å²) in [6.07, 6.45) is 0.908. The van der Waals surface area contributed by atoms with Crippen molar-refractivity contribution in [2.24, 2.45) is 0 Å². The van der Waals surface area contributed by atoms with Crippen molar-refractivity contribution in [1.29, 1.82) is 0 Å². The Kier molecular flexibility index (Phi) is 4.91. The summed E-state index contributed by atoms with van der Waals surface area (Å²) in [5.74, 6) is -0.563. The highest BCUT2D eigenvalue weighted by Gasteiger charge is 1.92. The summed E-state index contributed by atoms with van der Waals surface area (Å²) in [6.45, 7) is 0.121. The molecule has 0 N–H and O–H groups in total. The number of rotatable bonds is 4. The van der Waals surface area contributed by atoms with Crippen LogP contribution in [0.2, 0.25) is 0 Å². The van der Waals surface area contributed by atoms with Crippen molar-refractivity contribution in [2.45, 2.75) is 6.42 Å². The number of carbonyl (C=O) groups is 2. The van der Waals surface area contributed by atoms with E-state index in [1.165, 1.54) is 0 Å². The Hall–Kier alpha value is -0.770. The molecule has 0 aliphatic heterocycles. The standard InChI is InChI=1S/C5H6O3S/c6-2-1-3-8-5(7)4-9/h2,4H,1,3H2. The Bertz CT molecular complexity index is 121. The summed E-state index contributed by atoms with van der Waals surface area (Å²) in [6, 6.07) is 0. The second kappa shape index (κ2) is 5.37. The van der Waals surface area contributed by atoms with Gasteiger partial charge in [0.15, 0.2) is 0 Å². The van der Waals surface area contributed by atoms with Gasteiger partial charge in [0.25, 0.3) is 0 Å². The molecular weight excluding hydrogens is 140 g/mol. The summed E-state index contributed by atoms with van der Waals surface area (Å²) in [5, 5.41) is 0.894. The summed E-state index contributed by atoms with van der Waals surface area (Å²) in [7, 11) is 0. The first-order valence-corrected chi connectivity index (χ1v) is 2.84. The molecule has 0 unspecified atom stereocenters. The van der Waals surface area contributed by atoms with Crippen molar-refractivity contribution in [3.8, 4) is 0 Å². The Labute approximate surface area is 58.0 Å². The lowest BCUT2D eigenvalue weighted by atomic mass is 10.5. The van der Waals surface area contributed by atoms with E-state index in [1.807, 2.05) is 0 Å². The molecule has 0 saturated heterocycles. The molecule has 3 nitrogen and oxygen atoms in total. The van der Waals surface area contributed by atoms with E-state index in [4.69, 9.17) is 0 Å². The van der Waals surface area contributed by atoms with E-state index in [2.05, 4.69) is 17.0 Å². The van der Waals surface area contributed by atoms with Gasteiger partial charge in [0.2, 0.25) is 0 Å². The molecule has 0 aromatic heterocycles. The summed E-state index contributed by atoms with van der Waals surface area (Å²) >= 11 is 4.24. The fraction of sp³-hybridized carbons (Fsp3) is 0.400. The van der Waals surface area contributed by atoms with Gasteiger partial charge in [-0.2, -0.15) is 0 Å². The molecular formula is C5H6O3S. The SMILES string of the molecule is O=CCCOC(=O)C=S. The fourth-order valence-corrected chi connectivity index (χ4v) is 0.310. The molecule has 0 rings (SSSR count). The quantitative estimate of drug-likeness (QED) is 0.244. The minimum absolute atomic E-state index is 0.121. The van der Waals surface area contributed by atoms with Gasteiger partial charge in [0, 0.05) is 6.42 Å². The number of esters is 1. The second-order valence-electron chi connectivity index (χ2n) is 1.24. The lowest BCUT2D eigenvalue weighted by Crippen LogP contribution is -2.05.